The summed E-state index contributed by atoms with van der Waals surface area (Å²) in [5.41, 5.74) is 2.11. The number of carbonyl (C=O) groups excluding carboxylic acids is 2. The molecular formula is C22H27N3O3. The Bertz CT molecular complexity index is 890. The van der Waals surface area contributed by atoms with Gasteiger partial charge < -0.3 is 14.5 Å². The van der Waals surface area contributed by atoms with Crippen LogP contribution in [0.25, 0.3) is 10.9 Å². The Kier molecular flexibility index (Phi) is 5.31. The average Bonchev–Trinajstić information content (AvgIpc) is 3.26. The Hall–Kier alpha value is -2.47. The summed E-state index contributed by atoms with van der Waals surface area (Å²) in [4.78, 5) is 33.8. The second-order valence-corrected chi connectivity index (χ2v) is 7.94. The topological polar surface area (TPSA) is 62.7 Å². The summed E-state index contributed by atoms with van der Waals surface area (Å²) in [6.45, 7) is 1.62. The molecule has 1 aromatic carbocycles. The van der Waals surface area contributed by atoms with Gasteiger partial charge in [-0.05, 0) is 25.0 Å². The number of rotatable bonds is 3. The number of fused-ring (bicyclic) bond motifs is 1. The van der Waals surface area contributed by atoms with Crippen LogP contribution in [0.4, 0.5) is 0 Å². The van der Waals surface area contributed by atoms with E-state index < -0.39 is 0 Å². The number of hydrogen-bond donors (Lipinski definition) is 0. The van der Waals surface area contributed by atoms with Crippen molar-refractivity contribution in [1.29, 1.82) is 0 Å². The van der Waals surface area contributed by atoms with Crippen molar-refractivity contribution in [2.45, 2.75) is 31.8 Å². The third-order valence-corrected chi connectivity index (χ3v) is 5.79. The number of benzene rings is 1. The zero-order valence-electron chi connectivity index (χ0n) is 16.6. The highest BCUT2D eigenvalue weighted by Crippen LogP contribution is 2.30. The number of morpholine rings is 1. The number of aromatic nitrogens is 1. The molecule has 1 aliphatic heterocycles. The quantitative estimate of drug-likeness (QED) is 0.820. The summed E-state index contributed by atoms with van der Waals surface area (Å²) in [5.74, 6) is 0.347. The predicted molar refractivity (Wildman–Crippen MR) is 107 cm³/mol. The van der Waals surface area contributed by atoms with Gasteiger partial charge in [-0.1, -0.05) is 31.0 Å². The Balaban J connectivity index is 1.64. The lowest BCUT2D eigenvalue weighted by Gasteiger charge is -2.34. The summed E-state index contributed by atoms with van der Waals surface area (Å²) >= 11 is 0. The van der Waals surface area contributed by atoms with E-state index in [1.807, 2.05) is 35.2 Å². The number of ether oxygens (including phenoxy) is 1. The van der Waals surface area contributed by atoms with Gasteiger partial charge in [-0.25, -0.2) is 4.98 Å². The maximum atomic E-state index is 12.8. The van der Waals surface area contributed by atoms with Crippen molar-refractivity contribution in [3.05, 3.63) is 41.6 Å². The Morgan fingerprint density at radius 3 is 2.68 bits per heavy atom. The zero-order chi connectivity index (χ0) is 19.7. The van der Waals surface area contributed by atoms with Crippen molar-refractivity contribution in [3.63, 3.8) is 0 Å². The molecule has 2 fully saturated rings. The lowest BCUT2D eigenvalue weighted by atomic mass is 10.0. The second kappa shape index (κ2) is 7.87. The van der Waals surface area contributed by atoms with Crippen molar-refractivity contribution in [2.75, 3.05) is 33.8 Å². The van der Waals surface area contributed by atoms with E-state index in [1.54, 1.807) is 19.0 Å². The van der Waals surface area contributed by atoms with E-state index in [9.17, 15) is 9.59 Å². The van der Waals surface area contributed by atoms with E-state index in [2.05, 4.69) is 0 Å². The average molecular weight is 381 g/mol. The highest BCUT2D eigenvalue weighted by molar-refractivity contribution is 6.06. The molecule has 0 spiro atoms. The summed E-state index contributed by atoms with van der Waals surface area (Å²) in [5, 5.41) is 0.833. The van der Waals surface area contributed by atoms with Gasteiger partial charge in [-0.3, -0.25) is 9.59 Å². The SMILES string of the molecule is CN(C)C(=O)c1cc(C2CN(C(=O)C3CCCC3)CCO2)nc2ccccc12. The van der Waals surface area contributed by atoms with Crippen LogP contribution in [0, 0.1) is 5.92 Å². The Morgan fingerprint density at radius 1 is 1.18 bits per heavy atom. The van der Waals surface area contributed by atoms with Gasteiger partial charge in [0.2, 0.25) is 5.91 Å². The molecule has 0 radical (unpaired) electrons. The first-order valence-electron chi connectivity index (χ1n) is 10.1. The summed E-state index contributed by atoms with van der Waals surface area (Å²) < 4.78 is 5.97. The van der Waals surface area contributed by atoms with Crippen LogP contribution in [0.5, 0.6) is 0 Å². The maximum absolute atomic E-state index is 12.8. The van der Waals surface area contributed by atoms with Gasteiger partial charge in [-0.2, -0.15) is 0 Å². The molecule has 2 amide bonds. The van der Waals surface area contributed by atoms with E-state index >= 15 is 0 Å². The fraction of sp³-hybridized carbons (Fsp3) is 0.500. The van der Waals surface area contributed by atoms with Gasteiger partial charge in [0, 0.05) is 31.9 Å². The van der Waals surface area contributed by atoms with Crippen LogP contribution in [0.2, 0.25) is 0 Å². The molecular weight excluding hydrogens is 354 g/mol. The predicted octanol–water partition coefficient (Wildman–Crippen LogP) is 3.03. The lowest BCUT2D eigenvalue weighted by Crippen LogP contribution is -2.44. The minimum absolute atomic E-state index is 0.0606. The third kappa shape index (κ3) is 3.61. The zero-order valence-corrected chi connectivity index (χ0v) is 16.6. The lowest BCUT2D eigenvalue weighted by molar-refractivity contribution is -0.143. The minimum atomic E-state index is -0.308. The molecule has 0 N–H and O–H groups in total. The van der Waals surface area contributed by atoms with Crippen LogP contribution in [0.1, 0.15) is 47.8 Å². The molecule has 6 heteroatoms. The van der Waals surface area contributed by atoms with E-state index in [4.69, 9.17) is 9.72 Å². The number of amides is 2. The molecule has 1 saturated carbocycles. The molecule has 1 aromatic heterocycles. The van der Waals surface area contributed by atoms with Crippen molar-refractivity contribution in [1.82, 2.24) is 14.8 Å². The Morgan fingerprint density at radius 2 is 1.93 bits per heavy atom. The second-order valence-electron chi connectivity index (χ2n) is 7.94. The van der Waals surface area contributed by atoms with Gasteiger partial charge in [0.25, 0.3) is 5.91 Å². The van der Waals surface area contributed by atoms with Crippen LogP contribution >= 0.6 is 0 Å². The standard InChI is InChI=1S/C22H27N3O3/c1-24(2)22(27)17-13-19(23-18-10-6-5-9-16(17)18)20-14-25(11-12-28-20)21(26)15-7-3-4-8-15/h5-6,9-10,13,15,20H,3-4,7-8,11-12,14H2,1-2H3. The molecule has 1 saturated heterocycles. The number of hydrogen-bond acceptors (Lipinski definition) is 4. The number of carbonyl (C=O) groups is 2. The van der Waals surface area contributed by atoms with Gasteiger partial charge in [0.1, 0.15) is 6.10 Å². The minimum Gasteiger partial charge on any atom is -0.368 e. The third-order valence-electron chi connectivity index (χ3n) is 5.79. The largest absolute Gasteiger partial charge is 0.368 e. The monoisotopic (exact) mass is 381 g/mol. The molecule has 28 heavy (non-hydrogen) atoms. The van der Waals surface area contributed by atoms with Crippen molar-refractivity contribution < 1.29 is 14.3 Å². The van der Waals surface area contributed by atoms with Crippen molar-refractivity contribution >= 4 is 22.7 Å². The molecule has 0 bridgehead atoms. The van der Waals surface area contributed by atoms with E-state index in [-0.39, 0.29) is 23.8 Å². The fourth-order valence-electron chi connectivity index (χ4n) is 4.24. The summed E-state index contributed by atoms with van der Waals surface area (Å²) in [6.07, 6.45) is 3.98. The van der Waals surface area contributed by atoms with Gasteiger partial charge in [-0.15, -0.1) is 0 Å². The van der Waals surface area contributed by atoms with Crippen molar-refractivity contribution in [3.8, 4) is 0 Å². The normalized spacial score (nSPS) is 20.5. The van der Waals surface area contributed by atoms with Crippen LogP contribution in [-0.2, 0) is 9.53 Å². The van der Waals surface area contributed by atoms with E-state index in [0.717, 1.165) is 36.6 Å². The van der Waals surface area contributed by atoms with Crippen molar-refractivity contribution in [2.24, 2.45) is 5.92 Å². The van der Waals surface area contributed by atoms with Gasteiger partial charge in [0.05, 0.1) is 29.9 Å². The Labute approximate surface area is 165 Å². The highest BCUT2D eigenvalue weighted by Gasteiger charge is 2.32. The summed E-state index contributed by atoms with van der Waals surface area (Å²) in [7, 11) is 3.49. The molecule has 1 atom stereocenters. The van der Waals surface area contributed by atoms with Gasteiger partial charge >= 0.3 is 0 Å². The van der Waals surface area contributed by atoms with Gasteiger partial charge in [0.15, 0.2) is 0 Å². The molecule has 1 unspecified atom stereocenters. The van der Waals surface area contributed by atoms with E-state index in [1.165, 1.54) is 0 Å². The first kappa shape index (κ1) is 18.9. The van der Waals surface area contributed by atoms with Crippen LogP contribution < -0.4 is 0 Å². The molecule has 2 heterocycles. The number of pyridine rings is 1. The number of para-hydroxylation sites is 1. The maximum Gasteiger partial charge on any atom is 0.254 e. The van der Waals surface area contributed by atoms with E-state index in [0.29, 0.717) is 31.0 Å². The molecule has 148 valence electrons. The molecule has 4 rings (SSSR count). The summed E-state index contributed by atoms with van der Waals surface area (Å²) in [6, 6.07) is 9.49. The first-order chi connectivity index (χ1) is 13.5. The molecule has 2 aliphatic rings. The molecule has 1 aliphatic carbocycles. The highest BCUT2D eigenvalue weighted by atomic mass is 16.5. The van der Waals surface area contributed by atoms with Crippen LogP contribution in [-0.4, -0.2) is 60.4 Å². The molecule has 2 aromatic rings. The van der Waals surface area contributed by atoms with Crippen LogP contribution in [0.15, 0.2) is 30.3 Å². The molecule has 6 nitrogen and oxygen atoms in total. The first-order valence-corrected chi connectivity index (χ1v) is 10.1. The fourth-order valence-corrected chi connectivity index (χ4v) is 4.24. The number of nitrogens with zero attached hydrogens (tertiary/aromatic N) is 3. The smallest absolute Gasteiger partial charge is 0.254 e. The van der Waals surface area contributed by atoms with Crippen LogP contribution in [0.3, 0.4) is 0 Å².